The number of hydrogen-bond donors (Lipinski definition) is 1. The van der Waals surface area contributed by atoms with Gasteiger partial charge >= 0.3 is 0 Å². The molecule has 0 fully saturated rings. The molecule has 0 aliphatic heterocycles. The summed E-state index contributed by atoms with van der Waals surface area (Å²) >= 11 is 5.98. The molecule has 1 N–H and O–H groups in total. The maximum atomic E-state index is 13.8. The fraction of sp³-hybridized carbons (Fsp3) is 0.310. The van der Waals surface area contributed by atoms with Crippen LogP contribution >= 0.6 is 11.6 Å². The Balaban J connectivity index is 2.02. The second kappa shape index (κ2) is 12.5. The molecular weight excluding hydrogens is 522 g/mol. The number of hydrogen-bond acceptors (Lipinski definition) is 4. The number of carbonyl (C=O) groups excluding carboxylic acids is 2. The summed E-state index contributed by atoms with van der Waals surface area (Å²) in [7, 11) is -4.13. The zero-order valence-corrected chi connectivity index (χ0v) is 23.9. The quantitative estimate of drug-likeness (QED) is 0.377. The third-order valence-electron chi connectivity index (χ3n) is 6.07. The Hall–Kier alpha value is -3.36. The van der Waals surface area contributed by atoms with Crippen molar-refractivity contribution in [2.75, 3.05) is 10.8 Å². The summed E-state index contributed by atoms with van der Waals surface area (Å²) in [4.78, 5) is 28.2. The van der Waals surface area contributed by atoms with E-state index in [1.807, 2.05) is 52.0 Å². The highest BCUT2D eigenvalue weighted by Gasteiger charge is 2.32. The van der Waals surface area contributed by atoms with Crippen LogP contribution in [0.4, 0.5) is 5.69 Å². The predicted octanol–water partition coefficient (Wildman–Crippen LogP) is 5.09. The average Bonchev–Trinajstić information content (AvgIpc) is 2.87. The summed E-state index contributed by atoms with van der Waals surface area (Å²) in [5.41, 5.74) is 3.18. The standard InChI is InChI=1S/C29H34ClN3O4S/c1-20(2)31-29(35)23(5)32(18-24-10-6-21(3)7-11-24)28(34)19-33(26-14-8-22(4)9-15-26)38(36,37)27-16-12-25(30)13-17-27/h6-17,20,23H,18-19H2,1-5H3,(H,31,35)/t23-/m0/s1. The minimum atomic E-state index is -4.13. The van der Waals surface area contributed by atoms with Crippen LogP contribution in [-0.2, 0) is 26.2 Å². The molecule has 0 heterocycles. The number of amides is 2. The van der Waals surface area contributed by atoms with Crippen molar-refractivity contribution in [3.05, 3.63) is 94.5 Å². The van der Waals surface area contributed by atoms with Gasteiger partial charge in [0, 0.05) is 17.6 Å². The number of anilines is 1. The normalized spacial score (nSPS) is 12.2. The Kier molecular flexibility index (Phi) is 9.57. The molecule has 202 valence electrons. The number of sulfonamides is 1. The van der Waals surface area contributed by atoms with Gasteiger partial charge in [0.15, 0.2) is 0 Å². The van der Waals surface area contributed by atoms with Crippen LogP contribution in [0.5, 0.6) is 0 Å². The lowest BCUT2D eigenvalue weighted by Crippen LogP contribution is -2.52. The van der Waals surface area contributed by atoms with E-state index >= 15 is 0 Å². The Morgan fingerprint density at radius 2 is 1.37 bits per heavy atom. The molecular formula is C29H34ClN3O4S. The zero-order valence-electron chi connectivity index (χ0n) is 22.3. The van der Waals surface area contributed by atoms with Crippen molar-refractivity contribution in [3.8, 4) is 0 Å². The van der Waals surface area contributed by atoms with Gasteiger partial charge < -0.3 is 10.2 Å². The van der Waals surface area contributed by atoms with Crippen molar-refractivity contribution in [2.45, 2.75) is 58.1 Å². The van der Waals surface area contributed by atoms with Crippen LogP contribution in [0.25, 0.3) is 0 Å². The molecule has 9 heteroatoms. The lowest BCUT2D eigenvalue weighted by Gasteiger charge is -2.32. The molecule has 3 aromatic rings. The first-order chi connectivity index (χ1) is 17.9. The number of carbonyl (C=O) groups is 2. The van der Waals surface area contributed by atoms with Gasteiger partial charge in [-0.2, -0.15) is 0 Å². The fourth-order valence-corrected chi connectivity index (χ4v) is 5.39. The molecule has 0 saturated heterocycles. The minimum Gasteiger partial charge on any atom is -0.352 e. The Labute approximate surface area is 230 Å². The Morgan fingerprint density at radius 3 is 1.89 bits per heavy atom. The highest BCUT2D eigenvalue weighted by molar-refractivity contribution is 7.92. The zero-order chi connectivity index (χ0) is 28.0. The van der Waals surface area contributed by atoms with E-state index in [1.165, 1.54) is 29.2 Å². The number of benzene rings is 3. The summed E-state index contributed by atoms with van der Waals surface area (Å²) in [6, 6.07) is 19.4. The average molecular weight is 556 g/mol. The van der Waals surface area contributed by atoms with Crippen molar-refractivity contribution < 1.29 is 18.0 Å². The van der Waals surface area contributed by atoms with Gasteiger partial charge in [-0.05, 0) is 76.6 Å². The molecule has 7 nitrogen and oxygen atoms in total. The molecule has 0 bridgehead atoms. The fourth-order valence-electron chi connectivity index (χ4n) is 3.85. The number of nitrogens with zero attached hydrogens (tertiary/aromatic N) is 2. The first kappa shape index (κ1) is 29.2. The van der Waals surface area contributed by atoms with Crippen LogP contribution in [0, 0.1) is 13.8 Å². The van der Waals surface area contributed by atoms with Crippen LogP contribution in [0.15, 0.2) is 77.7 Å². The lowest BCUT2D eigenvalue weighted by molar-refractivity contribution is -0.139. The number of halogens is 1. The molecule has 1 atom stereocenters. The molecule has 0 aliphatic carbocycles. The van der Waals surface area contributed by atoms with E-state index in [2.05, 4.69) is 5.32 Å². The van der Waals surface area contributed by atoms with E-state index in [1.54, 1.807) is 31.2 Å². The molecule has 38 heavy (non-hydrogen) atoms. The van der Waals surface area contributed by atoms with Crippen molar-refractivity contribution >= 4 is 39.1 Å². The SMILES string of the molecule is Cc1ccc(CN(C(=O)CN(c2ccc(C)cc2)S(=O)(=O)c2ccc(Cl)cc2)[C@@H](C)C(=O)NC(C)C)cc1. The van der Waals surface area contributed by atoms with Crippen LogP contribution in [0.1, 0.15) is 37.5 Å². The van der Waals surface area contributed by atoms with Crippen LogP contribution in [0.2, 0.25) is 5.02 Å². The number of nitrogens with one attached hydrogen (secondary N) is 1. The Morgan fingerprint density at radius 1 is 0.842 bits per heavy atom. The van der Waals surface area contributed by atoms with Gasteiger partial charge in [0.1, 0.15) is 12.6 Å². The van der Waals surface area contributed by atoms with Crippen LogP contribution in [0.3, 0.4) is 0 Å². The van der Waals surface area contributed by atoms with Gasteiger partial charge in [-0.3, -0.25) is 13.9 Å². The van der Waals surface area contributed by atoms with E-state index in [9.17, 15) is 18.0 Å². The van der Waals surface area contributed by atoms with Gasteiger partial charge in [-0.1, -0.05) is 59.1 Å². The molecule has 0 aromatic heterocycles. The summed E-state index contributed by atoms with van der Waals surface area (Å²) in [6.45, 7) is 8.85. The third-order valence-corrected chi connectivity index (χ3v) is 8.11. The number of aryl methyl sites for hydroxylation is 2. The van der Waals surface area contributed by atoms with E-state index in [4.69, 9.17) is 11.6 Å². The summed E-state index contributed by atoms with van der Waals surface area (Å²) < 4.78 is 28.6. The minimum absolute atomic E-state index is 0.00552. The van der Waals surface area contributed by atoms with Gasteiger partial charge in [-0.25, -0.2) is 8.42 Å². The van der Waals surface area contributed by atoms with Crippen molar-refractivity contribution in [1.29, 1.82) is 0 Å². The van der Waals surface area contributed by atoms with Crippen molar-refractivity contribution in [1.82, 2.24) is 10.2 Å². The monoisotopic (exact) mass is 555 g/mol. The molecule has 3 aromatic carbocycles. The maximum absolute atomic E-state index is 13.8. The van der Waals surface area contributed by atoms with Gasteiger partial charge in [-0.15, -0.1) is 0 Å². The van der Waals surface area contributed by atoms with Crippen molar-refractivity contribution in [3.63, 3.8) is 0 Å². The summed E-state index contributed by atoms with van der Waals surface area (Å²) in [6.07, 6.45) is 0. The number of rotatable bonds is 10. The first-order valence-electron chi connectivity index (χ1n) is 12.4. The van der Waals surface area contributed by atoms with Gasteiger partial charge in [0.05, 0.1) is 10.6 Å². The molecule has 0 radical (unpaired) electrons. The summed E-state index contributed by atoms with van der Waals surface area (Å²) in [5.74, 6) is -0.821. The second-order valence-electron chi connectivity index (χ2n) is 9.65. The van der Waals surface area contributed by atoms with Crippen LogP contribution < -0.4 is 9.62 Å². The highest BCUT2D eigenvalue weighted by atomic mass is 35.5. The molecule has 0 unspecified atom stereocenters. The predicted molar refractivity (Wildman–Crippen MR) is 152 cm³/mol. The van der Waals surface area contributed by atoms with E-state index in [-0.39, 0.29) is 23.4 Å². The maximum Gasteiger partial charge on any atom is 0.264 e. The molecule has 0 aliphatic rings. The van der Waals surface area contributed by atoms with E-state index in [0.29, 0.717) is 10.7 Å². The molecule has 0 spiro atoms. The van der Waals surface area contributed by atoms with Crippen molar-refractivity contribution in [2.24, 2.45) is 0 Å². The molecule has 3 rings (SSSR count). The summed E-state index contributed by atoms with van der Waals surface area (Å²) in [5, 5.41) is 3.25. The Bertz CT molecular complexity index is 1360. The highest BCUT2D eigenvalue weighted by Crippen LogP contribution is 2.26. The first-order valence-corrected chi connectivity index (χ1v) is 14.2. The van der Waals surface area contributed by atoms with Gasteiger partial charge in [0.25, 0.3) is 10.0 Å². The largest absolute Gasteiger partial charge is 0.352 e. The second-order valence-corrected chi connectivity index (χ2v) is 11.9. The lowest BCUT2D eigenvalue weighted by atomic mass is 10.1. The topological polar surface area (TPSA) is 86.8 Å². The van der Waals surface area contributed by atoms with Gasteiger partial charge in [0.2, 0.25) is 11.8 Å². The molecule has 2 amide bonds. The van der Waals surface area contributed by atoms with E-state index in [0.717, 1.165) is 21.0 Å². The smallest absolute Gasteiger partial charge is 0.264 e. The van der Waals surface area contributed by atoms with Crippen LogP contribution in [-0.4, -0.2) is 43.8 Å². The molecule has 0 saturated carbocycles. The third kappa shape index (κ3) is 7.36. The van der Waals surface area contributed by atoms with E-state index < -0.39 is 28.5 Å².